The molecule has 0 bridgehead atoms. The molecule has 3 rings (SSSR count). The topological polar surface area (TPSA) is 76.1 Å². The predicted octanol–water partition coefficient (Wildman–Crippen LogP) is 2.99. The number of ether oxygens (including phenoxy) is 1. The Labute approximate surface area is 132 Å². The van der Waals surface area contributed by atoms with Gasteiger partial charge in [-0.3, -0.25) is 4.79 Å². The highest BCUT2D eigenvalue weighted by molar-refractivity contribution is 6.30. The lowest BCUT2D eigenvalue weighted by atomic mass is 10.2. The van der Waals surface area contributed by atoms with Crippen molar-refractivity contribution in [2.24, 2.45) is 0 Å². The highest BCUT2D eigenvalue weighted by Gasteiger charge is 2.23. The molecule has 0 saturated carbocycles. The Balaban J connectivity index is 1.60. The first-order valence-electron chi connectivity index (χ1n) is 6.98. The number of halogens is 1. The van der Waals surface area contributed by atoms with Crippen molar-refractivity contribution in [2.75, 3.05) is 17.2 Å². The number of rotatable bonds is 4. The monoisotopic (exact) mass is 318 g/mol. The molecule has 1 fully saturated rings. The maximum Gasteiger partial charge on any atom is 0.253 e. The van der Waals surface area contributed by atoms with Crippen LogP contribution in [-0.2, 0) is 9.53 Å². The number of hydrogen-bond acceptors (Lipinski definition) is 5. The minimum atomic E-state index is -0.333. The van der Waals surface area contributed by atoms with Crippen molar-refractivity contribution in [1.29, 1.82) is 0 Å². The second-order valence-corrected chi connectivity index (χ2v) is 5.35. The quantitative estimate of drug-likeness (QED) is 0.906. The number of amides is 1. The van der Waals surface area contributed by atoms with Crippen molar-refractivity contribution >= 4 is 34.8 Å². The van der Waals surface area contributed by atoms with E-state index >= 15 is 0 Å². The molecule has 2 N–H and O–H groups in total. The lowest BCUT2D eigenvalue weighted by molar-refractivity contribution is -0.124. The van der Waals surface area contributed by atoms with E-state index in [-0.39, 0.29) is 12.0 Å². The second-order valence-electron chi connectivity index (χ2n) is 4.92. The molecule has 0 spiro atoms. The van der Waals surface area contributed by atoms with Crippen molar-refractivity contribution < 1.29 is 9.53 Å². The highest BCUT2D eigenvalue weighted by atomic mass is 35.5. The number of nitrogens with zero attached hydrogens (tertiary/aromatic N) is 2. The van der Waals surface area contributed by atoms with Crippen LogP contribution in [0.25, 0.3) is 0 Å². The summed E-state index contributed by atoms with van der Waals surface area (Å²) in [6, 6.07) is 7.29. The number of carbonyl (C=O) groups is 1. The molecule has 0 radical (unpaired) electrons. The standard InChI is InChI=1S/C15H15ClN4O2/c16-10-8-17-15(18-9-10)20-12-5-3-11(4-6-12)19-14(21)13-2-1-7-22-13/h3-6,8-9,13H,1-2,7H2,(H,19,21)(H,17,18,20)/t13-/m0/s1. The molecule has 1 aliphatic heterocycles. The van der Waals surface area contributed by atoms with Gasteiger partial charge in [0.1, 0.15) is 6.10 Å². The van der Waals surface area contributed by atoms with Crippen LogP contribution in [0.1, 0.15) is 12.8 Å². The molecule has 0 unspecified atom stereocenters. The number of hydrogen-bond donors (Lipinski definition) is 2. The highest BCUT2D eigenvalue weighted by Crippen LogP contribution is 2.19. The van der Waals surface area contributed by atoms with Crippen molar-refractivity contribution in [3.8, 4) is 0 Å². The maximum absolute atomic E-state index is 11.9. The third kappa shape index (κ3) is 3.72. The van der Waals surface area contributed by atoms with E-state index in [2.05, 4.69) is 20.6 Å². The van der Waals surface area contributed by atoms with Gasteiger partial charge in [-0.1, -0.05) is 11.6 Å². The summed E-state index contributed by atoms with van der Waals surface area (Å²) in [5.41, 5.74) is 1.54. The van der Waals surface area contributed by atoms with Crippen molar-refractivity contribution in [1.82, 2.24) is 9.97 Å². The zero-order valence-electron chi connectivity index (χ0n) is 11.8. The summed E-state index contributed by atoms with van der Waals surface area (Å²) < 4.78 is 5.35. The predicted molar refractivity (Wildman–Crippen MR) is 84.4 cm³/mol. The van der Waals surface area contributed by atoms with Crippen LogP contribution < -0.4 is 10.6 Å². The molecule has 22 heavy (non-hydrogen) atoms. The van der Waals surface area contributed by atoms with Gasteiger partial charge >= 0.3 is 0 Å². The van der Waals surface area contributed by atoms with E-state index in [1.807, 2.05) is 24.3 Å². The van der Waals surface area contributed by atoms with E-state index in [4.69, 9.17) is 16.3 Å². The zero-order valence-corrected chi connectivity index (χ0v) is 12.5. The Kier molecular flexibility index (Phi) is 4.50. The van der Waals surface area contributed by atoms with Crippen LogP contribution in [0.5, 0.6) is 0 Å². The van der Waals surface area contributed by atoms with Gasteiger partial charge in [0, 0.05) is 18.0 Å². The summed E-state index contributed by atoms with van der Waals surface area (Å²) in [6.45, 7) is 0.655. The summed E-state index contributed by atoms with van der Waals surface area (Å²) >= 11 is 5.73. The molecule has 1 amide bonds. The van der Waals surface area contributed by atoms with Gasteiger partial charge in [0.2, 0.25) is 5.95 Å². The Bertz CT molecular complexity index is 640. The first-order valence-corrected chi connectivity index (χ1v) is 7.35. The molecule has 0 aliphatic carbocycles. The largest absolute Gasteiger partial charge is 0.368 e. The molecule has 1 aromatic heterocycles. The number of anilines is 3. The van der Waals surface area contributed by atoms with Crippen LogP contribution in [0, 0.1) is 0 Å². The Morgan fingerprint density at radius 1 is 1.18 bits per heavy atom. The van der Waals surface area contributed by atoms with E-state index in [1.54, 1.807) is 0 Å². The van der Waals surface area contributed by atoms with Gasteiger partial charge in [-0.25, -0.2) is 9.97 Å². The lowest BCUT2D eigenvalue weighted by Crippen LogP contribution is -2.26. The van der Waals surface area contributed by atoms with Crippen LogP contribution in [-0.4, -0.2) is 28.6 Å². The van der Waals surface area contributed by atoms with Crippen molar-refractivity contribution in [3.05, 3.63) is 41.7 Å². The summed E-state index contributed by atoms with van der Waals surface area (Å²) in [5.74, 6) is 0.361. The molecule has 1 aliphatic rings. The summed E-state index contributed by atoms with van der Waals surface area (Å²) in [4.78, 5) is 20.1. The smallest absolute Gasteiger partial charge is 0.253 e. The minimum Gasteiger partial charge on any atom is -0.368 e. The number of benzene rings is 1. The van der Waals surface area contributed by atoms with Gasteiger partial charge in [0.05, 0.1) is 17.4 Å². The Morgan fingerprint density at radius 3 is 2.50 bits per heavy atom. The Hall–Kier alpha value is -2.18. The number of nitrogens with one attached hydrogen (secondary N) is 2. The van der Waals surface area contributed by atoms with Crippen molar-refractivity contribution in [3.63, 3.8) is 0 Å². The molecule has 114 valence electrons. The van der Waals surface area contributed by atoms with E-state index < -0.39 is 0 Å². The average Bonchev–Trinajstić information content (AvgIpc) is 3.06. The molecule has 2 aromatic rings. The van der Waals surface area contributed by atoms with Crippen LogP contribution in [0.15, 0.2) is 36.7 Å². The fraction of sp³-hybridized carbons (Fsp3) is 0.267. The summed E-state index contributed by atoms with van der Waals surface area (Å²) in [6.07, 6.45) is 4.42. The van der Waals surface area contributed by atoms with Gasteiger partial charge in [-0.2, -0.15) is 0 Å². The number of aromatic nitrogens is 2. The first kappa shape index (κ1) is 14.7. The maximum atomic E-state index is 11.9. The third-order valence-electron chi connectivity index (χ3n) is 3.25. The molecule has 7 heteroatoms. The molecular formula is C15H15ClN4O2. The summed E-state index contributed by atoms with van der Waals surface area (Å²) in [5, 5.41) is 6.37. The minimum absolute atomic E-state index is 0.0979. The fourth-order valence-electron chi connectivity index (χ4n) is 2.15. The molecule has 1 aromatic carbocycles. The normalized spacial score (nSPS) is 17.2. The van der Waals surface area contributed by atoms with Crippen LogP contribution >= 0.6 is 11.6 Å². The van der Waals surface area contributed by atoms with E-state index in [9.17, 15) is 4.79 Å². The number of carbonyl (C=O) groups excluding carboxylic acids is 1. The van der Waals surface area contributed by atoms with Gasteiger partial charge < -0.3 is 15.4 Å². The molecule has 6 nitrogen and oxygen atoms in total. The van der Waals surface area contributed by atoms with E-state index in [0.29, 0.717) is 17.6 Å². The van der Waals surface area contributed by atoms with Crippen molar-refractivity contribution in [2.45, 2.75) is 18.9 Å². The van der Waals surface area contributed by atoms with Gasteiger partial charge in [-0.05, 0) is 37.1 Å². The third-order valence-corrected chi connectivity index (χ3v) is 3.45. The van der Waals surface area contributed by atoms with Gasteiger partial charge in [-0.15, -0.1) is 0 Å². The fourth-order valence-corrected chi connectivity index (χ4v) is 2.25. The van der Waals surface area contributed by atoms with Gasteiger partial charge in [0.25, 0.3) is 5.91 Å². The molecule has 1 saturated heterocycles. The van der Waals surface area contributed by atoms with Crippen LogP contribution in [0.4, 0.5) is 17.3 Å². The van der Waals surface area contributed by atoms with E-state index in [1.165, 1.54) is 12.4 Å². The van der Waals surface area contributed by atoms with E-state index in [0.717, 1.165) is 24.2 Å². The molecule has 1 atom stereocenters. The lowest BCUT2D eigenvalue weighted by Gasteiger charge is -2.11. The first-order chi connectivity index (χ1) is 10.7. The Morgan fingerprint density at radius 2 is 1.86 bits per heavy atom. The molecule has 2 heterocycles. The average molecular weight is 319 g/mol. The second kappa shape index (κ2) is 6.72. The van der Waals surface area contributed by atoms with Crippen LogP contribution in [0.3, 0.4) is 0 Å². The summed E-state index contributed by atoms with van der Waals surface area (Å²) in [7, 11) is 0. The van der Waals surface area contributed by atoms with Gasteiger partial charge in [0.15, 0.2) is 0 Å². The molecular weight excluding hydrogens is 304 g/mol. The SMILES string of the molecule is O=C(Nc1ccc(Nc2ncc(Cl)cn2)cc1)[C@@H]1CCCO1. The van der Waals surface area contributed by atoms with Crippen LogP contribution in [0.2, 0.25) is 5.02 Å². The zero-order chi connectivity index (χ0) is 15.4.